The number of nitrogens with zero attached hydrogens (tertiary/aromatic N) is 3. The molecule has 4 rings (SSSR count). The predicted molar refractivity (Wildman–Crippen MR) is 131 cm³/mol. The summed E-state index contributed by atoms with van der Waals surface area (Å²) in [5, 5.41) is 9.77. The van der Waals surface area contributed by atoms with Crippen molar-refractivity contribution in [2.45, 2.75) is 24.8 Å². The number of pyridine rings is 1. The molecule has 3 heterocycles. The zero-order valence-corrected chi connectivity index (χ0v) is 19.4. The molecule has 1 aromatic carbocycles. The number of fused-ring (bicyclic) bond motifs is 1. The Labute approximate surface area is 199 Å². The Morgan fingerprint density at radius 3 is 2.85 bits per heavy atom. The molecule has 0 amide bonds. The van der Waals surface area contributed by atoms with E-state index in [1.807, 2.05) is 17.3 Å². The topological polar surface area (TPSA) is 53.1 Å². The Morgan fingerprint density at radius 1 is 1.32 bits per heavy atom. The van der Waals surface area contributed by atoms with E-state index in [0.717, 1.165) is 11.7 Å². The second-order valence-electron chi connectivity index (χ2n) is 8.21. The second kappa shape index (κ2) is 10.1. The molecule has 34 heavy (non-hydrogen) atoms. The Hall–Kier alpha value is -2.98. The van der Waals surface area contributed by atoms with Gasteiger partial charge in [-0.3, -0.25) is 0 Å². The fourth-order valence-electron chi connectivity index (χ4n) is 3.93. The number of anilines is 2. The first-order valence-electron chi connectivity index (χ1n) is 10.8. The van der Waals surface area contributed by atoms with Crippen LogP contribution in [-0.4, -0.2) is 59.9 Å². The van der Waals surface area contributed by atoms with Gasteiger partial charge in [0.25, 0.3) is 0 Å². The zero-order valence-electron chi connectivity index (χ0n) is 18.6. The Balaban J connectivity index is 1.69. The van der Waals surface area contributed by atoms with E-state index in [1.165, 1.54) is 11.3 Å². The fourth-order valence-corrected chi connectivity index (χ4v) is 4.47. The lowest BCUT2D eigenvalue weighted by Gasteiger charge is -2.33. The third kappa shape index (κ3) is 5.56. The zero-order chi connectivity index (χ0) is 24.3. The smallest absolute Gasteiger partial charge is 0.379 e. The van der Waals surface area contributed by atoms with Crippen molar-refractivity contribution in [3.05, 3.63) is 59.9 Å². The largest absolute Gasteiger partial charge is 0.417 e. The molecular weight excluding hydrogens is 466 g/mol. The molecule has 1 aliphatic rings. The minimum absolute atomic E-state index is 0.235. The summed E-state index contributed by atoms with van der Waals surface area (Å²) >= 11 is 1.45. The number of hydrogen-bond acceptors (Lipinski definition) is 6. The van der Waals surface area contributed by atoms with Crippen molar-refractivity contribution in [3.8, 4) is 0 Å². The van der Waals surface area contributed by atoms with Gasteiger partial charge in [-0.25, -0.2) is 14.4 Å². The summed E-state index contributed by atoms with van der Waals surface area (Å²) < 4.78 is 55.4. The van der Waals surface area contributed by atoms with Crippen molar-refractivity contribution in [2.24, 2.45) is 0 Å². The molecule has 10 heteroatoms. The lowest BCUT2D eigenvalue weighted by atomic mass is 9.99. The highest BCUT2D eigenvalue weighted by molar-refractivity contribution is 7.13. The summed E-state index contributed by atoms with van der Waals surface area (Å²) in [6.07, 6.45) is -0.0290. The summed E-state index contributed by atoms with van der Waals surface area (Å²) in [7, 11) is 1.86. The number of likely N-dealkylation sites (tertiary alicyclic amines) is 1. The molecule has 3 aromatic rings. The highest BCUT2D eigenvalue weighted by Crippen LogP contribution is 2.37. The maximum absolute atomic E-state index is 14.6. The summed E-state index contributed by atoms with van der Waals surface area (Å²) in [6.45, 7) is 4.74. The molecule has 0 radical (unpaired) electrons. The van der Waals surface area contributed by atoms with E-state index in [4.69, 9.17) is 0 Å². The first-order valence-corrected chi connectivity index (χ1v) is 11.7. The lowest BCUT2D eigenvalue weighted by molar-refractivity contribution is -0.0688. The molecule has 0 bridgehead atoms. The van der Waals surface area contributed by atoms with Gasteiger partial charge in [0.2, 0.25) is 0 Å². The van der Waals surface area contributed by atoms with Crippen LogP contribution in [0.15, 0.2) is 48.5 Å². The standard InChI is InChI=1S/C24H25F4N5S/c1-15(24(26,27)28)22-17-6-3-7-20(32-21-8-11-33(2)14-19(21)25)18(17)13-16(31-22)5-4-9-29-23-30-10-12-34-23/h3-7,10,12-13,19,21,32H,1,8-9,11,14H2,2H3,(H,29,30)/b5-4+/t19-,21+/m0/s1. The van der Waals surface area contributed by atoms with Crippen LogP contribution in [0.4, 0.5) is 28.4 Å². The highest BCUT2D eigenvalue weighted by Gasteiger charge is 2.35. The number of thiazole rings is 1. The van der Waals surface area contributed by atoms with Crippen molar-refractivity contribution in [3.63, 3.8) is 0 Å². The van der Waals surface area contributed by atoms with Crippen LogP contribution in [-0.2, 0) is 0 Å². The molecular formula is C24H25F4N5S. The van der Waals surface area contributed by atoms with Crippen LogP contribution in [0.5, 0.6) is 0 Å². The van der Waals surface area contributed by atoms with Gasteiger partial charge in [-0.2, -0.15) is 13.2 Å². The molecule has 5 nitrogen and oxygen atoms in total. The highest BCUT2D eigenvalue weighted by atomic mass is 32.1. The molecule has 0 unspecified atom stereocenters. The number of halogens is 4. The Morgan fingerprint density at radius 2 is 2.15 bits per heavy atom. The van der Waals surface area contributed by atoms with Gasteiger partial charge >= 0.3 is 6.18 Å². The average molecular weight is 492 g/mol. The molecule has 0 aliphatic carbocycles. The molecule has 1 saturated heterocycles. The van der Waals surface area contributed by atoms with Crippen LogP contribution >= 0.6 is 11.3 Å². The number of hydrogen-bond donors (Lipinski definition) is 2. The van der Waals surface area contributed by atoms with Gasteiger partial charge < -0.3 is 15.5 Å². The molecule has 180 valence electrons. The van der Waals surface area contributed by atoms with Crippen molar-refractivity contribution in [1.82, 2.24) is 14.9 Å². The van der Waals surface area contributed by atoms with E-state index in [9.17, 15) is 17.6 Å². The van der Waals surface area contributed by atoms with Gasteiger partial charge in [0.1, 0.15) is 6.17 Å². The van der Waals surface area contributed by atoms with Crippen LogP contribution in [0, 0.1) is 0 Å². The van der Waals surface area contributed by atoms with Crippen molar-refractivity contribution < 1.29 is 17.6 Å². The van der Waals surface area contributed by atoms with Crippen LogP contribution in [0.1, 0.15) is 17.8 Å². The molecule has 2 atom stereocenters. The number of allylic oxidation sites excluding steroid dienone is 1. The van der Waals surface area contributed by atoms with E-state index in [-0.39, 0.29) is 5.69 Å². The average Bonchev–Trinajstić information content (AvgIpc) is 3.31. The van der Waals surface area contributed by atoms with E-state index in [1.54, 1.807) is 42.6 Å². The Bertz CT molecular complexity index is 1180. The van der Waals surface area contributed by atoms with Gasteiger partial charge in [0.05, 0.1) is 23.0 Å². The van der Waals surface area contributed by atoms with Gasteiger partial charge in [0.15, 0.2) is 5.13 Å². The first kappa shape index (κ1) is 24.2. The van der Waals surface area contributed by atoms with Gasteiger partial charge in [0, 0.05) is 47.7 Å². The lowest BCUT2D eigenvalue weighted by Crippen LogP contribution is -2.46. The number of nitrogens with one attached hydrogen (secondary N) is 2. The summed E-state index contributed by atoms with van der Waals surface area (Å²) in [5.41, 5.74) is -0.331. The van der Waals surface area contributed by atoms with Crippen molar-refractivity contribution >= 4 is 44.6 Å². The minimum Gasteiger partial charge on any atom is -0.379 e. The second-order valence-corrected chi connectivity index (χ2v) is 9.11. The van der Waals surface area contributed by atoms with E-state index in [2.05, 4.69) is 27.2 Å². The third-order valence-corrected chi connectivity index (χ3v) is 6.43. The first-order chi connectivity index (χ1) is 16.2. The van der Waals surface area contributed by atoms with Crippen molar-refractivity contribution in [1.29, 1.82) is 0 Å². The monoisotopic (exact) mass is 491 g/mol. The number of benzene rings is 1. The molecule has 1 fully saturated rings. The number of piperidine rings is 1. The summed E-state index contributed by atoms with van der Waals surface area (Å²) in [6, 6.07) is 6.28. The van der Waals surface area contributed by atoms with Gasteiger partial charge in [-0.1, -0.05) is 24.8 Å². The van der Waals surface area contributed by atoms with Crippen LogP contribution in [0.2, 0.25) is 0 Å². The molecule has 2 aromatic heterocycles. The normalized spacial score (nSPS) is 19.6. The quantitative estimate of drug-likeness (QED) is 0.407. The van der Waals surface area contributed by atoms with Gasteiger partial charge in [-0.05, 0) is 31.7 Å². The maximum atomic E-state index is 14.6. The number of rotatable bonds is 7. The minimum atomic E-state index is -4.63. The molecule has 2 N–H and O–H groups in total. The van der Waals surface area contributed by atoms with E-state index in [0.29, 0.717) is 41.7 Å². The summed E-state index contributed by atoms with van der Waals surface area (Å²) in [5.74, 6) is 0. The van der Waals surface area contributed by atoms with Gasteiger partial charge in [-0.15, -0.1) is 11.3 Å². The number of aromatic nitrogens is 2. The fraction of sp³-hybridized carbons (Fsp3) is 0.333. The van der Waals surface area contributed by atoms with Crippen LogP contribution in [0.3, 0.4) is 0 Å². The van der Waals surface area contributed by atoms with Crippen molar-refractivity contribution in [2.75, 3.05) is 37.3 Å². The SMILES string of the molecule is C=C(c1nc(/C=C/CNc2nccs2)cc2c(N[C@@H]3CCN(C)C[C@@H]3F)cccc12)C(F)(F)F. The number of alkyl halides is 4. The van der Waals surface area contributed by atoms with Crippen LogP contribution < -0.4 is 10.6 Å². The maximum Gasteiger partial charge on any atom is 0.417 e. The van der Waals surface area contributed by atoms with E-state index >= 15 is 0 Å². The summed E-state index contributed by atoms with van der Waals surface area (Å²) in [4.78, 5) is 10.3. The molecule has 1 aliphatic heterocycles. The third-order valence-electron chi connectivity index (χ3n) is 5.70. The van der Waals surface area contributed by atoms with Crippen LogP contribution in [0.25, 0.3) is 22.4 Å². The molecule has 0 saturated carbocycles. The Kier molecular flexibility index (Phi) is 7.18. The molecule has 0 spiro atoms. The predicted octanol–water partition coefficient (Wildman–Crippen LogP) is 5.85. The van der Waals surface area contributed by atoms with E-state index < -0.39 is 24.0 Å².